The first kappa shape index (κ1) is 11.9. The van der Waals surface area contributed by atoms with E-state index in [0.29, 0.717) is 5.92 Å². The maximum atomic E-state index is 6.03. The molecule has 0 fully saturated rings. The zero-order valence-corrected chi connectivity index (χ0v) is 10.9. The number of aliphatic imine (C=N–C) groups is 1. The second kappa shape index (κ2) is 4.74. The monoisotopic (exact) mass is 229 g/mol. The van der Waals surface area contributed by atoms with Crippen LogP contribution in [0.4, 0.5) is 0 Å². The van der Waals surface area contributed by atoms with Gasteiger partial charge in [0, 0.05) is 12.1 Å². The van der Waals surface area contributed by atoms with Gasteiger partial charge in [-0.05, 0) is 44.0 Å². The van der Waals surface area contributed by atoms with Crippen LogP contribution in [0.3, 0.4) is 0 Å². The van der Waals surface area contributed by atoms with Gasteiger partial charge in [-0.25, -0.2) is 0 Å². The Labute approximate surface area is 103 Å². The van der Waals surface area contributed by atoms with E-state index in [1.54, 1.807) is 0 Å². The van der Waals surface area contributed by atoms with Gasteiger partial charge in [-0.1, -0.05) is 19.1 Å². The zero-order valence-electron chi connectivity index (χ0n) is 10.9. The summed E-state index contributed by atoms with van der Waals surface area (Å²) in [6.07, 6.45) is 4.00. The molecule has 0 amide bonds. The summed E-state index contributed by atoms with van der Waals surface area (Å²) in [6, 6.07) is 6.22. The normalized spacial score (nSPS) is 23.4. The molecule has 0 bridgehead atoms. The van der Waals surface area contributed by atoms with Crippen LogP contribution in [0.5, 0.6) is 5.75 Å². The highest BCUT2D eigenvalue weighted by Crippen LogP contribution is 2.22. The maximum Gasteiger partial charge on any atom is 0.142 e. The molecular weight excluding hydrogens is 210 g/mol. The van der Waals surface area contributed by atoms with E-state index < -0.39 is 0 Å². The van der Waals surface area contributed by atoms with E-state index in [2.05, 4.69) is 44.0 Å². The van der Waals surface area contributed by atoms with Crippen LogP contribution in [-0.2, 0) is 0 Å². The van der Waals surface area contributed by atoms with Gasteiger partial charge in [-0.3, -0.25) is 4.99 Å². The standard InChI is InChI=1S/C15H19NO/c1-10-5-6-14(9-12(10)3)17-15-11(2)7-8-16-13(15)4/h5-9,11,15H,1-4H3/t11?,15-/m1/s1. The molecule has 0 aromatic heterocycles. The summed E-state index contributed by atoms with van der Waals surface area (Å²) in [4.78, 5) is 4.31. The van der Waals surface area contributed by atoms with Gasteiger partial charge in [0.25, 0.3) is 0 Å². The van der Waals surface area contributed by atoms with Crippen molar-refractivity contribution >= 4 is 5.71 Å². The van der Waals surface area contributed by atoms with E-state index in [0.717, 1.165) is 11.5 Å². The first-order valence-electron chi connectivity index (χ1n) is 6.03. The third kappa shape index (κ3) is 2.57. The molecule has 0 saturated heterocycles. The Hall–Kier alpha value is -1.57. The van der Waals surface area contributed by atoms with Crippen LogP contribution >= 0.6 is 0 Å². The van der Waals surface area contributed by atoms with Gasteiger partial charge >= 0.3 is 0 Å². The van der Waals surface area contributed by atoms with Gasteiger partial charge in [-0.2, -0.15) is 0 Å². The molecule has 1 aromatic rings. The lowest BCUT2D eigenvalue weighted by molar-refractivity contribution is 0.226. The average molecular weight is 229 g/mol. The molecule has 0 spiro atoms. The lowest BCUT2D eigenvalue weighted by Gasteiger charge is -2.25. The van der Waals surface area contributed by atoms with Gasteiger partial charge in [-0.15, -0.1) is 0 Å². The van der Waals surface area contributed by atoms with Gasteiger partial charge in [0.15, 0.2) is 0 Å². The number of hydrogen-bond donors (Lipinski definition) is 0. The van der Waals surface area contributed by atoms with Gasteiger partial charge < -0.3 is 4.74 Å². The minimum atomic E-state index is 0.0575. The first-order chi connectivity index (χ1) is 8.08. The molecule has 2 nitrogen and oxygen atoms in total. The van der Waals surface area contributed by atoms with Crippen molar-refractivity contribution in [2.75, 3.05) is 0 Å². The third-order valence-electron chi connectivity index (χ3n) is 3.30. The summed E-state index contributed by atoms with van der Waals surface area (Å²) in [7, 11) is 0. The number of hydrogen-bond acceptors (Lipinski definition) is 2. The van der Waals surface area contributed by atoms with Crippen LogP contribution < -0.4 is 4.74 Å². The molecule has 0 saturated carbocycles. The lowest BCUT2D eigenvalue weighted by atomic mass is 9.99. The van der Waals surface area contributed by atoms with Crippen LogP contribution in [0.2, 0.25) is 0 Å². The molecule has 0 N–H and O–H groups in total. The second-order valence-corrected chi connectivity index (χ2v) is 4.76. The summed E-state index contributed by atoms with van der Waals surface area (Å²) in [5.74, 6) is 1.30. The summed E-state index contributed by atoms with van der Waals surface area (Å²) in [5, 5.41) is 0. The number of benzene rings is 1. The lowest BCUT2D eigenvalue weighted by Crippen LogP contribution is -2.32. The third-order valence-corrected chi connectivity index (χ3v) is 3.30. The van der Waals surface area contributed by atoms with Crippen LogP contribution in [0.15, 0.2) is 35.5 Å². The molecule has 0 radical (unpaired) electrons. The SMILES string of the molecule is CC1=NC=CC(C)[C@H]1Oc1ccc(C)c(C)c1. The quantitative estimate of drug-likeness (QED) is 0.758. The minimum absolute atomic E-state index is 0.0575. The highest BCUT2D eigenvalue weighted by molar-refractivity contribution is 5.88. The van der Waals surface area contributed by atoms with Gasteiger partial charge in [0.1, 0.15) is 11.9 Å². The Balaban J connectivity index is 2.18. The van der Waals surface area contributed by atoms with Crippen molar-refractivity contribution in [2.24, 2.45) is 10.9 Å². The summed E-state index contributed by atoms with van der Waals surface area (Å²) < 4.78 is 6.03. The number of ether oxygens (including phenoxy) is 1. The first-order valence-corrected chi connectivity index (χ1v) is 6.03. The predicted octanol–water partition coefficient (Wildman–Crippen LogP) is 3.68. The maximum absolute atomic E-state index is 6.03. The van der Waals surface area contributed by atoms with Crippen molar-refractivity contribution in [1.29, 1.82) is 0 Å². The molecule has 2 heteroatoms. The number of nitrogens with zero attached hydrogens (tertiary/aromatic N) is 1. The van der Waals surface area contributed by atoms with E-state index in [4.69, 9.17) is 4.74 Å². The molecule has 0 aliphatic carbocycles. The summed E-state index contributed by atoms with van der Waals surface area (Å²) in [5.41, 5.74) is 3.59. The number of aryl methyl sites for hydroxylation is 2. The fourth-order valence-corrected chi connectivity index (χ4v) is 1.98. The molecule has 1 unspecified atom stereocenters. The Bertz CT molecular complexity index is 474. The van der Waals surface area contributed by atoms with E-state index in [9.17, 15) is 0 Å². The Morgan fingerprint density at radius 3 is 2.53 bits per heavy atom. The summed E-state index contributed by atoms with van der Waals surface area (Å²) >= 11 is 0. The van der Waals surface area contributed by atoms with E-state index in [1.165, 1.54) is 11.1 Å². The second-order valence-electron chi connectivity index (χ2n) is 4.76. The van der Waals surface area contributed by atoms with Crippen LogP contribution in [0.1, 0.15) is 25.0 Å². The van der Waals surface area contributed by atoms with E-state index in [-0.39, 0.29) is 6.10 Å². The Morgan fingerprint density at radius 2 is 1.88 bits per heavy atom. The van der Waals surface area contributed by atoms with Crippen molar-refractivity contribution in [1.82, 2.24) is 0 Å². The molecule has 2 rings (SSSR count). The Morgan fingerprint density at radius 1 is 1.12 bits per heavy atom. The summed E-state index contributed by atoms with van der Waals surface area (Å²) in [6.45, 7) is 8.39. The molecule has 1 aromatic carbocycles. The average Bonchev–Trinajstić information content (AvgIpc) is 2.28. The zero-order chi connectivity index (χ0) is 12.4. The Kier molecular flexibility index (Phi) is 3.32. The highest BCUT2D eigenvalue weighted by Gasteiger charge is 2.22. The molecule has 2 atom stereocenters. The van der Waals surface area contributed by atoms with Crippen LogP contribution in [0, 0.1) is 19.8 Å². The molecule has 1 heterocycles. The van der Waals surface area contributed by atoms with Crippen LogP contribution in [-0.4, -0.2) is 11.8 Å². The topological polar surface area (TPSA) is 21.6 Å². The van der Waals surface area contributed by atoms with Crippen molar-refractivity contribution in [3.63, 3.8) is 0 Å². The molecular formula is C15H19NO. The number of rotatable bonds is 2. The van der Waals surface area contributed by atoms with Gasteiger partial charge in [0.2, 0.25) is 0 Å². The van der Waals surface area contributed by atoms with Gasteiger partial charge in [0.05, 0.1) is 5.71 Å². The molecule has 90 valence electrons. The molecule has 1 aliphatic rings. The van der Waals surface area contributed by atoms with E-state index >= 15 is 0 Å². The molecule has 1 aliphatic heterocycles. The van der Waals surface area contributed by atoms with Crippen molar-refractivity contribution in [2.45, 2.75) is 33.8 Å². The van der Waals surface area contributed by atoms with Crippen molar-refractivity contribution < 1.29 is 4.74 Å². The fourth-order valence-electron chi connectivity index (χ4n) is 1.98. The van der Waals surface area contributed by atoms with Crippen LogP contribution in [0.25, 0.3) is 0 Å². The smallest absolute Gasteiger partial charge is 0.142 e. The predicted molar refractivity (Wildman–Crippen MR) is 71.7 cm³/mol. The highest BCUT2D eigenvalue weighted by atomic mass is 16.5. The minimum Gasteiger partial charge on any atom is -0.484 e. The van der Waals surface area contributed by atoms with E-state index in [1.807, 2.05) is 19.2 Å². The largest absolute Gasteiger partial charge is 0.484 e. The van der Waals surface area contributed by atoms with Crippen molar-refractivity contribution in [3.8, 4) is 5.75 Å². The van der Waals surface area contributed by atoms with Crippen molar-refractivity contribution in [3.05, 3.63) is 41.6 Å². The molecule has 17 heavy (non-hydrogen) atoms. The fraction of sp³-hybridized carbons (Fsp3) is 0.400.